The van der Waals surface area contributed by atoms with Crippen LogP contribution in [0.25, 0.3) is 0 Å². The van der Waals surface area contributed by atoms with Crippen molar-refractivity contribution in [2.45, 2.75) is 24.6 Å². The molecule has 2 aliphatic rings. The summed E-state index contributed by atoms with van der Waals surface area (Å²) in [6, 6.07) is 0. The molecule has 2 atom stereocenters. The van der Waals surface area contributed by atoms with Gasteiger partial charge < -0.3 is 14.7 Å². The first-order valence-corrected chi connectivity index (χ1v) is 7.17. The molecule has 1 aromatic heterocycles. The summed E-state index contributed by atoms with van der Waals surface area (Å²) < 4.78 is 43.1. The van der Waals surface area contributed by atoms with Crippen LogP contribution in [0, 0.1) is 5.92 Å². The van der Waals surface area contributed by atoms with E-state index in [1.54, 1.807) is 0 Å². The normalized spacial score (nSPS) is 29.5. The molecule has 0 amide bonds. The lowest BCUT2D eigenvalue weighted by atomic mass is 9.85. The van der Waals surface area contributed by atoms with Crippen LogP contribution in [0.1, 0.15) is 17.8 Å². The average molecular weight is 323 g/mol. The largest absolute Gasteiger partial charge is 0.479 e. The Morgan fingerprint density at radius 1 is 1.48 bits per heavy atom. The Morgan fingerprint density at radius 2 is 2.24 bits per heavy atom. The van der Waals surface area contributed by atoms with Crippen LogP contribution >= 0.6 is 11.3 Å². The third-order valence-corrected chi connectivity index (χ3v) is 4.90. The van der Waals surface area contributed by atoms with E-state index in [1.165, 1.54) is 4.90 Å². The van der Waals surface area contributed by atoms with Gasteiger partial charge in [-0.05, 0) is 12.8 Å². The first-order valence-electron chi connectivity index (χ1n) is 6.36. The van der Waals surface area contributed by atoms with Gasteiger partial charge in [-0.15, -0.1) is 10.2 Å². The van der Waals surface area contributed by atoms with Crippen LogP contribution in [0.2, 0.25) is 0 Å². The molecule has 116 valence electrons. The summed E-state index contributed by atoms with van der Waals surface area (Å²) >= 11 is 0.423. The van der Waals surface area contributed by atoms with Gasteiger partial charge in [0.15, 0.2) is 5.60 Å². The van der Waals surface area contributed by atoms with Crippen LogP contribution < -0.4 is 4.90 Å². The van der Waals surface area contributed by atoms with E-state index in [2.05, 4.69) is 10.2 Å². The molecule has 3 heterocycles. The topological polar surface area (TPSA) is 75.5 Å². The minimum Gasteiger partial charge on any atom is -0.479 e. The Balaban J connectivity index is 1.85. The molecule has 0 spiro atoms. The van der Waals surface area contributed by atoms with Gasteiger partial charge in [0.25, 0.3) is 0 Å². The predicted octanol–water partition coefficient (Wildman–Crippen LogP) is 1.63. The van der Waals surface area contributed by atoms with Crippen molar-refractivity contribution in [2.24, 2.45) is 5.92 Å². The fourth-order valence-electron chi connectivity index (χ4n) is 2.87. The van der Waals surface area contributed by atoms with Crippen molar-refractivity contribution in [3.63, 3.8) is 0 Å². The van der Waals surface area contributed by atoms with Gasteiger partial charge in [0, 0.05) is 19.1 Å². The van der Waals surface area contributed by atoms with Crippen LogP contribution in [0.15, 0.2) is 0 Å². The summed E-state index contributed by atoms with van der Waals surface area (Å²) in [6.07, 6.45) is -3.12. The van der Waals surface area contributed by atoms with E-state index in [9.17, 15) is 23.1 Å². The molecule has 10 heteroatoms. The van der Waals surface area contributed by atoms with E-state index in [0.717, 1.165) is 6.42 Å². The minimum absolute atomic E-state index is 0.000505. The number of alkyl halides is 3. The molecular formula is C11H12F3N3O3S. The third-order valence-electron chi connectivity index (χ3n) is 3.87. The zero-order valence-corrected chi connectivity index (χ0v) is 11.6. The minimum atomic E-state index is -4.54. The number of carboxylic acids is 1. The van der Waals surface area contributed by atoms with Gasteiger partial charge in [0.2, 0.25) is 10.1 Å². The third kappa shape index (κ3) is 2.35. The highest BCUT2D eigenvalue weighted by molar-refractivity contribution is 7.15. The molecule has 2 saturated heterocycles. The van der Waals surface area contributed by atoms with Gasteiger partial charge in [0.1, 0.15) is 0 Å². The molecule has 21 heavy (non-hydrogen) atoms. The Labute approximate surface area is 121 Å². The summed E-state index contributed by atoms with van der Waals surface area (Å²) in [5.74, 6) is -1.32. The maximum Gasteiger partial charge on any atom is 0.445 e. The smallest absolute Gasteiger partial charge is 0.445 e. The molecule has 0 saturated carbocycles. The highest BCUT2D eigenvalue weighted by Crippen LogP contribution is 2.42. The second kappa shape index (κ2) is 4.80. The Morgan fingerprint density at radius 3 is 2.81 bits per heavy atom. The Hall–Kier alpha value is -1.42. The molecule has 2 fully saturated rings. The van der Waals surface area contributed by atoms with Crippen molar-refractivity contribution < 1.29 is 27.8 Å². The van der Waals surface area contributed by atoms with Crippen molar-refractivity contribution in [1.29, 1.82) is 0 Å². The van der Waals surface area contributed by atoms with E-state index in [0.29, 0.717) is 30.9 Å². The number of hydrogen-bond acceptors (Lipinski definition) is 6. The van der Waals surface area contributed by atoms with E-state index < -0.39 is 22.8 Å². The number of ether oxygens (including phenoxy) is 1. The standard InChI is InChI=1S/C11H12F3N3O3S/c12-11(13,14)7-15-16-9(21-7)17-4-6-2-1-3-20-10(6,5-17)8(18)19/h6H,1-5H2,(H,18,19)/t6-,10+/m1/s1. The fraction of sp³-hybridized carbons (Fsp3) is 0.727. The number of carbonyl (C=O) groups is 1. The van der Waals surface area contributed by atoms with Gasteiger partial charge in [0.05, 0.1) is 6.54 Å². The number of aromatic nitrogens is 2. The van der Waals surface area contributed by atoms with Crippen molar-refractivity contribution in [1.82, 2.24) is 10.2 Å². The van der Waals surface area contributed by atoms with Crippen LogP contribution in [0.5, 0.6) is 0 Å². The van der Waals surface area contributed by atoms with Crippen LogP contribution in [-0.2, 0) is 15.7 Å². The molecule has 2 aliphatic heterocycles. The lowest BCUT2D eigenvalue weighted by Gasteiger charge is -2.34. The highest BCUT2D eigenvalue weighted by Gasteiger charge is 2.55. The van der Waals surface area contributed by atoms with E-state index in [4.69, 9.17) is 4.74 Å². The van der Waals surface area contributed by atoms with Gasteiger partial charge in [-0.1, -0.05) is 11.3 Å². The quantitative estimate of drug-likeness (QED) is 0.891. The first-order chi connectivity index (χ1) is 9.83. The molecule has 1 N–H and O–H groups in total. The van der Waals surface area contributed by atoms with Gasteiger partial charge in [-0.3, -0.25) is 0 Å². The number of fused-ring (bicyclic) bond motifs is 1. The van der Waals surface area contributed by atoms with Crippen LogP contribution in [-0.4, -0.2) is 46.6 Å². The Kier molecular flexibility index (Phi) is 3.32. The number of aliphatic carboxylic acids is 1. The van der Waals surface area contributed by atoms with Crippen molar-refractivity contribution in [2.75, 3.05) is 24.6 Å². The lowest BCUT2D eigenvalue weighted by molar-refractivity contribution is -0.175. The molecule has 0 aromatic carbocycles. The second-order valence-corrected chi connectivity index (χ2v) is 6.11. The van der Waals surface area contributed by atoms with Gasteiger partial charge >= 0.3 is 12.1 Å². The molecular weight excluding hydrogens is 311 g/mol. The fourth-order valence-corrected chi connectivity index (χ4v) is 3.59. The summed E-state index contributed by atoms with van der Waals surface area (Å²) in [7, 11) is 0. The SMILES string of the molecule is O=C(O)[C@]12CN(c3nnc(C(F)(F)F)s3)C[C@H]1CCCO2. The maximum atomic E-state index is 12.6. The molecule has 0 aliphatic carbocycles. The van der Waals surface area contributed by atoms with E-state index in [1.807, 2.05) is 0 Å². The van der Waals surface area contributed by atoms with Crippen LogP contribution in [0.3, 0.4) is 0 Å². The summed E-state index contributed by atoms with van der Waals surface area (Å²) in [5, 5.41) is 15.2. The second-order valence-electron chi connectivity index (χ2n) is 5.15. The first kappa shape index (κ1) is 14.5. The lowest BCUT2D eigenvalue weighted by Crippen LogP contribution is -2.51. The van der Waals surface area contributed by atoms with Gasteiger partial charge in [-0.25, -0.2) is 4.79 Å². The van der Waals surface area contributed by atoms with Crippen LogP contribution in [0.4, 0.5) is 18.3 Å². The zero-order valence-electron chi connectivity index (χ0n) is 10.8. The van der Waals surface area contributed by atoms with E-state index >= 15 is 0 Å². The van der Waals surface area contributed by atoms with E-state index in [-0.39, 0.29) is 17.6 Å². The molecule has 0 radical (unpaired) electrons. The number of nitrogens with zero attached hydrogens (tertiary/aromatic N) is 3. The van der Waals surface area contributed by atoms with Crippen molar-refractivity contribution in [3.05, 3.63) is 5.01 Å². The highest BCUT2D eigenvalue weighted by atomic mass is 32.1. The number of carboxylic acid groups (broad SMARTS) is 1. The Bertz CT molecular complexity index is 564. The summed E-state index contributed by atoms with van der Waals surface area (Å²) in [4.78, 5) is 13.1. The number of rotatable bonds is 2. The number of hydrogen-bond donors (Lipinski definition) is 1. The summed E-state index contributed by atoms with van der Waals surface area (Å²) in [5.41, 5.74) is -1.34. The van der Waals surface area contributed by atoms with Gasteiger partial charge in [-0.2, -0.15) is 13.2 Å². The number of anilines is 1. The van der Waals surface area contributed by atoms with Crippen molar-refractivity contribution >= 4 is 22.4 Å². The predicted molar refractivity (Wildman–Crippen MR) is 66.2 cm³/mol. The summed E-state index contributed by atoms with van der Waals surface area (Å²) in [6.45, 7) is 0.666. The average Bonchev–Trinajstić information content (AvgIpc) is 3.03. The maximum absolute atomic E-state index is 12.6. The monoisotopic (exact) mass is 323 g/mol. The molecule has 0 unspecified atom stereocenters. The van der Waals surface area contributed by atoms with Crippen molar-refractivity contribution in [3.8, 4) is 0 Å². The molecule has 3 rings (SSSR count). The molecule has 6 nitrogen and oxygen atoms in total. The zero-order chi connectivity index (χ0) is 15.3. The molecule has 0 bridgehead atoms. The molecule has 1 aromatic rings. The number of halogens is 3.